The number of fused-ring (bicyclic) bond motifs is 1. The van der Waals surface area contributed by atoms with Gasteiger partial charge in [-0.05, 0) is 25.1 Å². The maximum Gasteiger partial charge on any atom is 0.253 e. The van der Waals surface area contributed by atoms with Gasteiger partial charge < -0.3 is 19.6 Å². The molecule has 3 N–H and O–H groups in total. The van der Waals surface area contributed by atoms with E-state index in [1.54, 1.807) is 30.3 Å². The van der Waals surface area contributed by atoms with E-state index in [4.69, 9.17) is 9.15 Å². The summed E-state index contributed by atoms with van der Waals surface area (Å²) >= 11 is 0. The number of aliphatic hydroxyl groups is 1. The van der Waals surface area contributed by atoms with Crippen molar-refractivity contribution >= 4 is 38.3 Å². The van der Waals surface area contributed by atoms with Gasteiger partial charge in [0.05, 0.1) is 17.3 Å². The zero-order valence-electron chi connectivity index (χ0n) is 15.5. The molecule has 0 bridgehead atoms. The van der Waals surface area contributed by atoms with E-state index in [0.29, 0.717) is 5.75 Å². The molecule has 2 aromatic carbocycles. The number of hydrogen-bond acceptors (Lipinski definition) is 7. The minimum Gasteiger partial charge on any atom is -0.462 e. The van der Waals surface area contributed by atoms with E-state index in [-0.39, 0.29) is 28.1 Å². The average Bonchev–Trinajstić information content (AvgIpc) is 2.64. The van der Waals surface area contributed by atoms with Gasteiger partial charge in [-0.15, -0.1) is 0 Å². The molecular formula is C19H18N2O7S. The Morgan fingerprint density at radius 2 is 1.86 bits per heavy atom. The summed E-state index contributed by atoms with van der Waals surface area (Å²) in [6, 6.07) is 11.2. The van der Waals surface area contributed by atoms with Gasteiger partial charge in [0.15, 0.2) is 5.75 Å². The molecule has 1 heterocycles. The second-order valence-corrected chi connectivity index (χ2v) is 8.03. The van der Waals surface area contributed by atoms with E-state index in [2.05, 4.69) is 10.0 Å². The Balaban J connectivity index is 2.13. The number of sulfonamides is 1. The SMILES string of the molecule is CC(O)C(=O)Nc1coc2cc(NS(C)(=O)=O)c(Oc3ccccc3)cc2c1=O. The Hall–Kier alpha value is -3.37. The van der Waals surface area contributed by atoms with E-state index in [9.17, 15) is 23.1 Å². The lowest BCUT2D eigenvalue weighted by atomic mass is 10.2. The van der Waals surface area contributed by atoms with E-state index < -0.39 is 27.5 Å². The summed E-state index contributed by atoms with van der Waals surface area (Å²) in [4.78, 5) is 24.4. The Kier molecular flexibility index (Phi) is 5.57. The van der Waals surface area contributed by atoms with Crippen molar-refractivity contribution in [3.63, 3.8) is 0 Å². The molecule has 0 aliphatic rings. The largest absolute Gasteiger partial charge is 0.462 e. The summed E-state index contributed by atoms with van der Waals surface area (Å²) in [5.41, 5.74) is -0.591. The van der Waals surface area contributed by atoms with Crippen LogP contribution in [0.4, 0.5) is 11.4 Å². The molecule has 0 fully saturated rings. The zero-order valence-corrected chi connectivity index (χ0v) is 16.3. The molecule has 29 heavy (non-hydrogen) atoms. The maximum atomic E-state index is 12.7. The van der Waals surface area contributed by atoms with Gasteiger partial charge in [0.25, 0.3) is 5.91 Å². The number of carbonyl (C=O) groups excluding carboxylic acids is 1. The standard InChI is InChI=1S/C19H18N2O7S/c1-11(22)19(24)20-15-10-27-16-9-14(21-29(2,25)26)17(8-13(16)18(15)23)28-12-6-4-3-5-7-12/h3-11,21-22H,1-2H3,(H,20,24). The van der Waals surface area contributed by atoms with Crippen LogP contribution < -0.4 is 20.2 Å². The molecule has 0 saturated carbocycles. The Labute approximate surface area is 166 Å². The number of benzene rings is 2. The highest BCUT2D eigenvalue weighted by Gasteiger charge is 2.18. The summed E-state index contributed by atoms with van der Waals surface area (Å²) < 4.78 is 36.9. The van der Waals surface area contributed by atoms with E-state index >= 15 is 0 Å². The van der Waals surface area contributed by atoms with Gasteiger partial charge in [0.1, 0.15) is 29.4 Å². The molecule has 0 saturated heterocycles. The molecule has 1 aromatic heterocycles. The average molecular weight is 418 g/mol. The number of carbonyl (C=O) groups is 1. The molecule has 1 unspecified atom stereocenters. The highest BCUT2D eigenvalue weighted by Crippen LogP contribution is 2.34. The van der Waals surface area contributed by atoms with Crippen LogP contribution in [0.5, 0.6) is 11.5 Å². The van der Waals surface area contributed by atoms with E-state index in [1.807, 2.05) is 0 Å². The molecule has 0 radical (unpaired) electrons. The van der Waals surface area contributed by atoms with Crippen LogP contribution in [0, 0.1) is 0 Å². The molecule has 152 valence electrons. The van der Waals surface area contributed by atoms with Crippen LogP contribution in [0.2, 0.25) is 0 Å². The van der Waals surface area contributed by atoms with Crippen LogP contribution in [0.25, 0.3) is 11.0 Å². The van der Waals surface area contributed by atoms with Crippen LogP contribution in [-0.2, 0) is 14.8 Å². The van der Waals surface area contributed by atoms with Crippen molar-refractivity contribution in [1.82, 2.24) is 0 Å². The van der Waals surface area contributed by atoms with Gasteiger partial charge in [-0.1, -0.05) is 18.2 Å². The summed E-state index contributed by atoms with van der Waals surface area (Å²) in [6.07, 6.45) is 0.685. The number of para-hydroxylation sites is 1. The smallest absolute Gasteiger partial charge is 0.253 e. The first kappa shape index (κ1) is 20.4. The Morgan fingerprint density at radius 3 is 2.48 bits per heavy atom. The van der Waals surface area contributed by atoms with Crippen molar-refractivity contribution in [2.24, 2.45) is 0 Å². The summed E-state index contributed by atoms with van der Waals surface area (Å²) in [5, 5.41) is 11.6. The Bertz CT molecular complexity index is 1220. The molecule has 3 rings (SSSR count). The topological polar surface area (TPSA) is 135 Å². The Morgan fingerprint density at radius 1 is 1.17 bits per heavy atom. The third-order valence-electron chi connectivity index (χ3n) is 3.78. The highest BCUT2D eigenvalue weighted by atomic mass is 32.2. The molecule has 1 atom stereocenters. The van der Waals surface area contributed by atoms with Crippen molar-refractivity contribution < 1.29 is 27.5 Å². The van der Waals surface area contributed by atoms with Crippen molar-refractivity contribution in [2.75, 3.05) is 16.3 Å². The van der Waals surface area contributed by atoms with Gasteiger partial charge >= 0.3 is 0 Å². The number of hydrogen-bond donors (Lipinski definition) is 3. The number of amides is 1. The predicted molar refractivity (Wildman–Crippen MR) is 108 cm³/mol. The van der Waals surface area contributed by atoms with Gasteiger partial charge in [-0.25, -0.2) is 8.42 Å². The third-order valence-corrected chi connectivity index (χ3v) is 4.37. The van der Waals surface area contributed by atoms with Crippen molar-refractivity contribution in [3.05, 3.63) is 59.0 Å². The summed E-state index contributed by atoms with van der Waals surface area (Å²) in [5.74, 6) is -0.278. The number of nitrogens with one attached hydrogen (secondary N) is 2. The third kappa shape index (κ3) is 4.92. The molecule has 10 heteroatoms. The van der Waals surface area contributed by atoms with Crippen LogP contribution in [0.15, 0.2) is 57.9 Å². The first-order valence-electron chi connectivity index (χ1n) is 8.43. The van der Waals surface area contributed by atoms with Crippen LogP contribution in [0.1, 0.15) is 6.92 Å². The fourth-order valence-corrected chi connectivity index (χ4v) is 3.02. The minimum absolute atomic E-state index is 0.0541. The van der Waals surface area contributed by atoms with Crippen LogP contribution >= 0.6 is 0 Å². The van der Waals surface area contributed by atoms with Gasteiger partial charge in [-0.2, -0.15) is 0 Å². The molecule has 0 spiro atoms. The number of ether oxygens (including phenoxy) is 1. The van der Waals surface area contributed by atoms with Crippen molar-refractivity contribution in [1.29, 1.82) is 0 Å². The highest BCUT2D eigenvalue weighted by molar-refractivity contribution is 7.92. The number of rotatable bonds is 6. The number of anilines is 2. The predicted octanol–water partition coefficient (Wildman–Crippen LogP) is 2.28. The van der Waals surface area contributed by atoms with Crippen molar-refractivity contribution in [3.8, 4) is 11.5 Å². The maximum absolute atomic E-state index is 12.7. The lowest BCUT2D eigenvalue weighted by molar-refractivity contribution is -0.123. The summed E-state index contributed by atoms with van der Waals surface area (Å²) in [7, 11) is -3.64. The molecule has 1 amide bonds. The molecule has 0 aliphatic heterocycles. The van der Waals surface area contributed by atoms with Crippen molar-refractivity contribution in [2.45, 2.75) is 13.0 Å². The zero-order chi connectivity index (χ0) is 21.2. The van der Waals surface area contributed by atoms with E-state index in [1.165, 1.54) is 19.1 Å². The normalized spacial score (nSPS) is 12.4. The van der Waals surface area contributed by atoms with Gasteiger partial charge in [0, 0.05) is 6.07 Å². The first-order chi connectivity index (χ1) is 13.6. The van der Waals surface area contributed by atoms with Gasteiger partial charge in [0.2, 0.25) is 15.5 Å². The molecular weight excluding hydrogens is 400 g/mol. The lowest BCUT2D eigenvalue weighted by Gasteiger charge is -2.13. The second-order valence-electron chi connectivity index (χ2n) is 6.28. The second kappa shape index (κ2) is 7.94. The minimum atomic E-state index is -3.64. The molecule has 9 nitrogen and oxygen atoms in total. The lowest BCUT2D eigenvalue weighted by Crippen LogP contribution is -2.27. The molecule has 0 aliphatic carbocycles. The fourth-order valence-electron chi connectivity index (χ4n) is 2.46. The van der Waals surface area contributed by atoms with E-state index in [0.717, 1.165) is 12.5 Å². The molecule has 3 aromatic rings. The number of aliphatic hydroxyl groups excluding tert-OH is 1. The monoisotopic (exact) mass is 418 g/mol. The van der Waals surface area contributed by atoms with Crippen LogP contribution in [0.3, 0.4) is 0 Å². The quantitative estimate of drug-likeness (QED) is 0.559. The fraction of sp³-hybridized carbons (Fsp3) is 0.158. The summed E-state index contributed by atoms with van der Waals surface area (Å²) in [6.45, 7) is 1.26. The van der Waals surface area contributed by atoms with Gasteiger partial charge in [-0.3, -0.25) is 14.3 Å². The first-order valence-corrected chi connectivity index (χ1v) is 10.3. The van der Waals surface area contributed by atoms with Crippen LogP contribution in [-0.4, -0.2) is 31.8 Å².